The predicted octanol–water partition coefficient (Wildman–Crippen LogP) is 4.85. The lowest BCUT2D eigenvalue weighted by molar-refractivity contribution is -0.169. The summed E-state index contributed by atoms with van der Waals surface area (Å²) in [6.07, 6.45) is -4.84. The first kappa shape index (κ1) is 27.6. The SMILES string of the molecule is C[C@@](COc1ccc(C#N)cc1)(OC(=O)COc1ccccc1)C(=O)Nc1ccc(C#N)c(C(F)(F)F)c1. The van der Waals surface area contributed by atoms with Gasteiger partial charge in [-0.05, 0) is 61.5 Å². The number of hydrogen-bond acceptors (Lipinski definition) is 7. The molecule has 0 aliphatic heterocycles. The Morgan fingerprint density at radius 1 is 0.895 bits per heavy atom. The molecule has 0 heterocycles. The van der Waals surface area contributed by atoms with E-state index in [1.54, 1.807) is 30.3 Å². The van der Waals surface area contributed by atoms with Crippen molar-refractivity contribution in [1.29, 1.82) is 10.5 Å². The minimum atomic E-state index is -4.84. The Balaban J connectivity index is 1.81. The molecule has 0 radical (unpaired) electrons. The first-order chi connectivity index (χ1) is 18.0. The number of benzene rings is 3. The molecule has 0 aliphatic carbocycles. The molecule has 8 nitrogen and oxygen atoms in total. The number of hydrogen-bond donors (Lipinski definition) is 1. The molecule has 11 heteroatoms. The Kier molecular flexibility index (Phi) is 8.56. The van der Waals surface area contributed by atoms with Crippen LogP contribution in [-0.2, 0) is 20.5 Å². The van der Waals surface area contributed by atoms with Gasteiger partial charge in [-0.15, -0.1) is 0 Å². The highest BCUT2D eigenvalue weighted by molar-refractivity contribution is 5.98. The van der Waals surface area contributed by atoms with E-state index in [0.29, 0.717) is 17.4 Å². The van der Waals surface area contributed by atoms with Crippen molar-refractivity contribution in [2.75, 3.05) is 18.5 Å². The van der Waals surface area contributed by atoms with Crippen LogP contribution in [0.15, 0.2) is 72.8 Å². The van der Waals surface area contributed by atoms with Gasteiger partial charge < -0.3 is 19.5 Å². The number of nitrogens with one attached hydrogen (secondary N) is 1. The molecule has 1 N–H and O–H groups in total. The van der Waals surface area contributed by atoms with Crippen molar-refractivity contribution in [1.82, 2.24) is 0 Å². The van der Waals surface area contributed by atoms with Gasteiger partial charge in [-0.3, -0.25) is 4.79 Å². The van der Waals surface area contributed by atoms with Gasteiger partial charge >= 0.3 is 12.1 Å². The molecule has 3 aromatic carbocycles. The average molecular weight is 523 g/mol. The molecule has 38 heavy (non-hydrogen) atoms. The number of amides is 1. The van der Waals surface area contributed by atoms with E-state index in [0.717, 1.165) is 12.1 Å². The number of halogens is 3. The highest BCUT2D eigenvalue weighted by Gasteiger charge is 2.40. The Bertz CT molecular complexity index is 1380. The van der Waals surface area contributed by atoms with Crippen molar-refractivity contribution >= 4 is 17.6 Å². The Labute approximate surface area is 215 Å². The summed E-state index contributed by atoms with van der Waals surface area (Å²) >= 11 is 0. The van der Waals surface area contributed by atoms with E-state index in [2.05, 4.69) is 5.32 Å². The van der Waals surface area contributed by atoms with Crippen LogP contribution in [0.2, 0.25) is 0 Å². The lowest BCUT2D eigenvalue weighted by Crippen LogP contribution is -2.49. The largest absolute Gasteiger partial charge is 0.489 e. The van der Waals surface area contributed by atoms with Crippen molar-refractivity contribution in [3.8, 4) is 23.6 Å². The van der Waals surface area contributed by atoms with Gasteiger partial charge in [0.05, 0.1) is 28.8 Å². The van der Waals surface area contributed by atoms with Crippen LogP contribution in [0.5, 0.6) is 11.5 Å². The molecular weight excluding hydrogens is 503 g/mol. The van der Waals surface area contributed by atoms with Gasteiger partial charge in [0.2, 0.25) is 5.60 Å². The van der Waals surface area contributed by atoms with Gasteiger partial charge in [0.15, 0.2) is 6.61 Å². The van der Waals surface area contributed by atoms with Crippen molar-refractivity contribution in [3.05, 3.63) is 89.5 Å². The number of anilines is 1. The fourth-order valence-electron chi connectivity index (χ4n) is 3.15. The lowest BCUT2D eigenvalue weighted by atomic mass is 10.0. The predicted molar refractivity (Wildman–Crippen MR) is 128 cm³/mol. The van der Waals surface area contributed by atoms with Crippen LogP contribution in [0.25, 0.3) is 0 Å². The van der Waals surface area contributed by atoms with E-state index < -0.39 is 48.0 Å². The van der Waals surface area contributed by atoms with Crippen LogP contribution in [-0.4, -0.2) is 30.7 Å². The highest BCUT2D eigenvalue weighted by Crippen LogP contribution is 2.34. The second-order valence-electron chi connectivity index (χ2n) is 8.06. The van der Waals surface area contributed by atoms with Crippen molar-refractivity contribution in [3.63, 3.8) is 0 Å². The van der Waals surface area contributed by atoms with E-state index in [9.17, 15) is 22.8 Å². The van der Waals surface area contributed by atoms with Gasteiger partial charge in [-0.25, -0.2) is 4.79 Å². The number of nitriles is 2. The molecule has 0 fully saturated rings. The monoisotopic (exact) mass is 523 g/mol. The summed E-state index contributed by atoms with van der Waals surface area (Å²) in [5.74, 6) is -1.30. The molecule has 0 bridgehead atoms. The Hall–Kier alpha value is -5.03. The van der Waals surface area contributed by atoms with Gasteiger partial charge in [0.25, 0.3) is 5.91 Å². The number of esters is 1. The van der Waals surface area contributed by atoms with Crippen LogP contribution < -0.4 is 14.8 Å². The van der Waals surface area contributed by atoms with E-state index in [1.807, 2.05) is 6.07 Å². The van der Waals surface area contributed by atoms with E-state index in [1.165, 1.54) is 37.3 Å². The summed E-state index contributed by atoms with van der Waals surface area (Å²) in [7, 11) is 0. The maximum Gasteiger partial charge on any atom is 0.417 e. The maximum atomic E-state index is 13.4. The second-order valence-corrected chi connectivity index (χ2v) is 8.06. The number of nitrogens with zero attached hydrogens (tertiary/aromatic N) is 2. The molecule has 3 aromatic rings. The summed E-state index contributed by atoms with van der Waals surface area (Å²) in [5.41, 5.74) is -3.78. The smallest absolute Gasteiger partial charge is 0.417 e. The number of ether oxygens (including phenoxy) is 3. The number of carbonyl (C=O) groups is 2. The summed E-state index contributed by atoms with van der Waals surface area (Å²) in [5, 5.41) is 20.2. The zero-order chi connectivity index (χ0) is 27.8. The molecule has 1 atom stereocenters. The number of alkyl halides is 3. The summed E-state index contributed by atoms with van der Waals surface area (Å²) in [6.45, 7) is 0.143. The zero-order valence-electron chi connectivity index (χ0n) is 19.9. The second kappa shape index (κ2) is 11.8. The van der Waals surface area contributed by atoms with Crippen molar-refractivity contribution in [2.45, 2.75) is 18.7 Å². The zero-order valence-corrected chi connectivity index (χ0v) is 19.9. The van der Waals surface area contributed by atoms with Crippen molar-refractivity contribution < 1.29 is 37.0 Å². The van der Waals surface area contributed by atoms with Gasteiger partial charge in [0.1, 0.15) is 18.1 Å². The maximum absolute atomic E-state index is 13.4. The van der Waals surface area contributed by atoms with Gasteiger partial charge in [-0.1, -0.05) is 18.2 Å². The molecule has 0 aromatic heterocycles. The number of carbonyl (C=O) groups excluding carboxylic acids is 2. The third kappa shape index (κ3) is 7.24. The summed E-state index contributed by atoms with van der Waals surface area (Å²) in [6, 6.07) is 20.3. The standard InChI is InChI=1S/C27H20F3N3O5/c1-26(17-37-22-11-7-18(14-31)8-12-22,38-24(34)16-36-21-5-3-2-4-6-21)25(35)33-20-10-9-19(15-32)23(13-20)27(28,29)30/h2-13H,16-17H2,1H3,(H,33,35)/t26-/m0/s1. The molecule has 0 unspecified atom stereocenters. The van der Waals surface area contributed by atoms with Crippen LogP contribution in [0.4, 0.5) is 18.9 Å². The Morgan fingerprint density at radius 2 is 1.55 bits per heavy atom. The fourth-order valence-corrected chi connectivity index (χ4v) is 3.15. The average Bonchev–Trinajstić information content (AvgIpc) is 2.91. The van der Waals surface area contributed by atoms with E-state index in [-0.39, 0.29) is 11.4 Å². The molecular formula is C27H20F3N3O5. The van der Waals surface area contributed by atoms with Crippen LogP contribution >= 0.6 is 0 Å². The topological polar surface area (TPSA) is 121 Å². The third-order valence-electron chi connectivity index (χ3n) is 5.12. The number of rotatable bonds is 9. The summed E-state index contributed by atoms with van der Waals surface area (Å²) in [4.78, 5) is 25.7. The summed E-state index contributed by atoms with van der Waals surface area (Å²) < 4.78 is 56.4. The minimum absolute atomic E-state index is 0.248. The molecule has 0 saturated carbocycles. The first-order valence-corrected chi connectivity index (χ1v) is 11.0. The van der Waals surface area contributed by atoms with Crippen LogP contribution in [0, 0.1) is 22.7 Å². The quantitative estimate of drug-likeness (QED) is 0.398. The molecule has 1 amide bonds. The minimum Gasteiger partial charge on any atom is -0.489 e. The normalized spacial score (nSPS) is 12.3. The fraction of sp³-hybridized carbons (Fsp3) is 0.185. The van der Waals surface area contributed by atoms with Crippen LogP contribution in [0.1, 0.15) is 23.6 Å². The first-order valence-electron chi connectivity index (χ1n) is 11.0. The highest BCUT2D eigenvalue weighted by atomic mass is 19.4. The molecule has 194 valence electrons. The molecule has 0 spiro atoms. The van der Waals surface area contributed by atoms with E-state index in [4.69, 9.17) is 24.7 Å². The third-order valence-corrected chi connectivity index (χ3v) is 5.12. The van der Waals surface area contributed by atoms with Gasteiger partial charge in [-0.2, -0.15) is 23.7 Å². The Morgan fingerprint density at radius 3 is 2.16 bits per heavy atom. The van der Waals surface area contributed by atoms with Crippen molar-refractivity contribution in [2.24, 2.45) is 0 Å². The molecule has 3 rings (SSSR count). The lowest BCUT2D eigenvalue weighted by Gasteiger charge is -2.28. The van der Waals surface area contributed by atoms with Gasteiger partial charge in [0, 0.05) is 5.69 Å². The number of para-hydroxylation sites is 1. The molecule has 0 aliphatic rings. The van der Waals surface area contributed by atoms with E-state index >= 15 is 0 Å². The van der Waals surface area contributed by atoms with Crippen LogP contribution in [0.3, 0.4) is 0 Å². The molecule has 0 saturated heterocycles.